The first-order chi connectivity index (χ1) is 11.7. The molecule has 0 aliphatic carbocycles. The van der Waals surface area contributed by atoms with Crippen molar-refractivity contribution >= 4 is 10.9 Å². The van der Waals surface area contributed by atoms with Gasteiger partial charge < -0.3 is 10.3 Å². The van der Waals surface area contributed by atoms with Gasteiger partial charge in [0.05, 0.1) is 5.52 Å². The minimum absolute atomic E-state index is 0.239. The van der Waals surface area contributed by atoms with E-state index in [1.54, 1.807) is 18.2 Å². The molecule has 124 valence electrons. The van der Waals surface area contributed by atoms with Crippen molar-refractivity contribution in [3.8, 4) is 11.1 Å². The van der Waals surface area contributed by atoms with Crippen molar-refractivity contribution in [3.05, 3.63) is 59.3 Å². The summed E-state index contributed by atoms with van der Waals surface area (Å²) >= 11 is 0. The molecule has 1 aliphatic rings. The molecular weight excluding hydrogens is 306 g/mol. The van der Waals surface area contributed by atoms with Gasteiger partial charge in [-0.1, -0.05) is 31.5 Å². The third-order valence-electron chi connectivity index (χ3n) is 4.91. The quantitative estimate of drug-likeness (QED) is 0.702. The molecule has 3 aromatic rings. The molecule has 2 aromatic carbocycles. The summed E-state index contributed by atoms with van der Waals surface area (Å²) in [7, 11) is 0. The predicted octanol–water partition coefficient (Wildman–Crippen LogP) is 4.93. The second-order valence-electron chi connectivity index (χ2n) is 6.50. The molecule has 2 heterocycles. The molecule has 1 aliphatic heterocycles. The summed E-state index contributed by atoms with van der Waals surface area (Å²) in [4.78, 5) is 3.31. The van der Waals surface area contributed by atoms with Gasteiger partial charge >= 0.3 is 0 Å². The number of aromatic amines is 1. The second kappa shape index (κ2) is 6.02. The van der Waals surface area contributed by atoms with Gasteiger partial charge in [0.1, 0.15) is 11.6 Å². The topological polar surface area (TPSA) is 27.8 Å². The van der Waals surface area contributed by atoms with Gasteiger partial charge in [-0.25, -0.2) is 8.78 Å². The average Bonchev–Trinajstić information content (AvgIpc) is 2.96. The van der Waals surface area contributed by atoms with E-state index in [-0.39, 0.29) is 11.6 Å². The summed E-state index contributed by atoms with van der Waals surface area (Å²) in [5.41, 5.74) is 4.66. The van der Waals surface area contributed by atoms with E-state index < -0.39 is 0 Å². The Labute approximate surface area is 139 Å². The van der Waals surface area contributed by atoms with Gasteiger partial charge in [-0.05, 0) is 41.3 Å². The lowest BCUT2D eigenvalue weighted by atomic mass is 9.94. The zero-order chi connectivity index (χ0) is 16.7. The third kappa shape index (κ3) is 2.51. The first-order valence-electron chi connectivity index (χ1n) is 8.48. The van der Waals surface area contributed by atoms with Crippen molar-refractivity contribution in [2.24, 2.45) is 0 Å². The van der Waals surface area contributed by atoms with Crippen LogP contribution in [0, 0.1) is 11.6 Å². The van der Waals surface area contributed by atoms with E-state index in [0.29, 0.717) is 11.6 Å². The molecule has 1 aromatic heterocycles. The van der Waals surface area contributed by atoms with Crippen LogP contribution in [0.25, 0.3) is 22.0 Å². The summed E-state index contributed by atoms with van der Waals surface area (Å²) in [6, 6.07) is 10.1. The number of hydrogen-bond donors (Lipinski definition) is 2. The van der Waals surface area contributed by atoms with Gasteiger partial charge in [0, 0.05) is 30.1 Å². The summed E-state index contributed by atoms with van der Waals surface area (Å²) in [5, 5.41) is 4.48. The number of fused-ring (bicyclic) bond motifs is 3. The van der Waals surface area contributed by atoms with E-state index in [1.807, 2.05) is 0 Å². The summed E-state index contributed by atoms with van der Waals surface area (Å²) in [5.74, 6) is -0.505. The van der Waals surface area contributed by atoms with Crippen molar-refractivity contribution < 1.29 is 8.78 Å². The molecule has 0 saturated carbocycles. The van der Waals surface area contributed by atoms with Crippen LogP contribution in [0.3, 0.4) is 0 Å². The van der Waals surface area contributed by atoms with Gasteiger partial charge in [0.2, 0.25) is 0 Å². The minimum atomic E-state index is -0.266. The zero-order valence-electron chi connectivity index (χ0n) is 13.6. The molecule has 1 unspecified atom stereocenters. The van der Waals surface area contributed by atoms with E-state index >= 15 is 0 Å². The standard InChI is InChI=1S/C20H20F2N2/c1-2-3-14-10-18-16(11-23-14)19-15(8-9-17(22)20(19)24-18)12-4-6-13(21)7-5-12/h4-9,14,23-24H,2-3,10-11H2,1H3. The Balaban J connectivity index is 1.88. The third-order valence-corrected chi connectivity index (χ3v) is 4.91. The van der Waals surface area contributed by atoms with Gasteiger partial charge in [-0.2, -0.15) is 0 Å². The minimum Gasteiger partial charge on any atom is -0.356 e. The van der Waals surface area contributed by atoms with Crippen LogP contribution in [0.2, 0.25) is 0 Å². The van der Waals surface area contributed by atoms with E-state index in [9.17, 15) is 8.78 Å². The van der Waals surface area contributed by atoms with Crippen LogP contribution in [0.1, 0.15) is 31.0 Å². The number of aromatic nitrogens is 1. The predicted molar refractivity (Wildman–Crippen MR) is 92.9 cm³/mol. The Morgan fingerprint density at radius 3 is 2.62 bits per heavy atom. The van der Waals surface area contributed by atoms with E-state index in [1.165, 1.54) is 18.2 Å². The molecule has 2 nitrogen and oxygen atoms in total. The van der Waals surface area contributed by atoms with E-state index in [0.717, 1.165) is 53.6 Å². The number of nitrogens with one attached hydrogen (secondary N) is 2. The fourth-order valence-corrected chi connectivity index (χ4v) is 3.75. The van der Waals surface area contributed by atoms with Crippen LogP contribution >= 0.6 is 0 Å². The van der Waals surface area contributed by atoms with Gasteiger partial charge in [0.25, 0.3) is 0 Å². The van der Waals surface area contributed by atoms with Crippen molar-refractivity contribution in [2.45, 2.75) is 38.8 Å². The maximum absolute atomic E-state index is 14.4. The summed E-state index contributed by atoms with van der Waals surface area (Å²) in [6.07, 6.45) is 3.13. The first kappa shape index (κ1) is 15.3. The Hall–Kier alpha value is -2.20. The lowest BCUT2D eigenvalue weighted by Crippen LogP contribution is -2.35. The normalized spacial score (nSPS) is 17.2. The van der Waals surface area contributed by atoms with Gasteiger partial charge in [-0.15, -0.1) is 0 Å². The lowest BCUT2D eigenvalue weighted by Gasteiger charge is -2.24. The molecule has 24 heavy (non-hydrogen) atoms. The first-order valence-corrected chi connectivity index (χ1v) is 8.48. The lowest BCUT2D eigenvalue weighted by molar-refractivity contribution is 0.446. The van der Waals surface area contributed by atoms with Crippen molar-refractivity contribution in [3.63, 3.8) is 0 Å². The van der Waals surface area contributed by atoms with Crippen LogP contribution in [0.15, 0.2) is 36.4 Å². The molecule has 4 heteroatoms. The molecule has 1 atom stereocenters. The molecule has 4 rings (SSSR count). The second-order valence-corrected chi connectivity index (χ2v) is 6.50. The van der Waals surface area contributed by atoms with Crippen LogP contribution in [0.5, 0.6) is 0 Å². The smallest absolute Gasteiger partial charge is 0.147 e. The number of benzene rings is 2. The highest BCUT2D eigenvalue weighted by Crippen LogP contribution is 2.36. The van der Waals surface area contributed by atoms with Crippen molar-refractivity contribution in [1.29, 1.82) is 0 Å². The number of rotatable bonds is 3. The van der Waals surface area contributed by atoms with Crippen LogP contribution < -0.4 is 5.32 Å². The SMILES string of the molecule is CCCC1Cc2[nH]c3c(F)ccc(-c4ccc(F)cc4)c3c2CN1. The number of halogens is 2. The zero-order valence-corrected chi connectivity index (χ0v) is 13.6. The van der Waals surface area contributed by atoms with Crippen LogP contribution in [0.4, 0.5) is 8.78 Å². The molecule has 0 fully saturated rings. The summed E-state index contributed by atoms with van der Waals surface area (Å²) < 4.78 is 27.6. The van der Waals surface area contributed by atoms with Gasteiger partial charge in [-0.3, -0.25) is 0 Å². The molecular formula is C20H20F2N2. The molecule has 0 bridgehead atoms. The van der Waals surface area contributed by atoms with E-state index in [2.05, 4.69) is 17.2 Å². The number of H-pyrrole nitrogens is 1. The highest BCUT2D eigenvalue weighted by atomic mass is 19.1. The maximum Gasteiger partial charge on any atom is 0.147 e. The highest BCUT2D eigenvalue weighted by molar-refractivity contribution is 5.99. The summed E-state index contributed by atoms with van der Waals surface area (Å²) in [6.45, 7) is 2.91. The van der Waals surface area contributed by atoms with Crippen molar-refractivity contribution in [2.75, 3.05) is 0 Å². The van der Waals surface area contributed by atoms with Crippen molar-refractivity contribution in [1.82, 2.24) is 10.3 Å². The molecule has 0 radical (unpaired) electrons. The van der Waals surface area contributed by atoms with Gasteiger partial charge in [0.15, 0.2) is 0 Å². The Morgan fingerprint density at radius 1 is 1.08 bits per heavy atom. The largest absolute Gasteiger partial charge is 0.356 e. The average molecular weight is 326 g/mol. The van der Waals surface area contributed by atoms with E-state index in [4.69, 9.17) is 0 Å². The fourth-order valence-electron chi connectivity index (χ4n) is 3.75. The number of hydrogen-bond acceptors (Lipinski definition) is 1. The fraction of sp³-hybridized carbons (Fsp3) is 0.300. The monoisotopic (exact) mass is 326 g/mol. The Morgan fingerprint density at radius 2 is 1.88 bits per heavy atom. The molecule has 0 saturated heterocycles. The maximum atomic E-state index is 14.4. The van der Waals surface area contributed by atoms with Crippen LogP contribution in [-0.2, 0) is 13.0 Å². The Bertz CT molecular complexity index is 881. The van der Waals surface area contributed by atoms with Crippen LogP contribution in [-0.4, -0.2) is 11.0 Å². The molecule has 2 N–H and O–H groups in total. The highest BCUT2D eigenvalue weighted by Gasteiger charge is 2.24. The Kier molecular flexibility index (Phi) is 3.85. The molecule has 0 spiro atoms. The molecule has 0 amide bonds.